The van der Waals surface area contributed by atoms with E-state index in [2.05, 4.69) is 30.3 Å². The highest BCUT2D eigenvalue weighted by molar-refractivity contribution is 5.40. The Morgan fingerprint density at radius 3 is 2.33 bits per heavy atom. The van der Waals surface area contributed by atoms with Crippen molar-refractivity contribution >= 4 is 0 Å². The van der Waals surface area contributed by atoms with E-state index in [1.807, 2.05) is 12.1 Å². The van der Waals surface area contributed by atoms with Gasteiger partial charge in [0.1, 0.15) is 11.9 Å². The van der Waals surface area contributed by atoms with Crippen molar-refractivity contribution < 1.29 is 9.52 Å². The minimum absolute atomic E-state index is 0.0771. The smallest absolute Gasteiger partial charge is 0.132 e. The quantitative estimate of drug-likeness (QED) is 0.891. The molecule has 18 heavy (non-hydrogen) atoms. The van der Waals surface area contributed by atoms with Crippen molar-refractivity contribution in [1.82, 2.24) is 0 Å². The highest BCUT2D eigenvalue weighted by Crippen LogP contribution is 2.77. The van der Waals surface area contributed by atoms with Crippen LogP contribution in [0.5, 0.6) is 0 Å². The first-order valence-corrected chi connectivity index (χ1v) is 6.51. The molecule has 5 rings (SSSR count). The summed E-state index contributed by atoms with van der Waals surface area (Å²) in [7, 11) is 0. The van der Waals surface area contributed by atoms with E-state index in [9.17, 15) is 5.11 Å². The van der Waals surface area contributed by atoms with Gasteiger partial charge >= 0.3 is 0 Å². The van der Waals surface area contributed by atoms with E-state index in [1.165, 1.54) is 5.56 Å². The first-order chi connectivity index (χ1) is 8.74. The Kier molecular flexibility index (Phi) is 1.89. The molecule has 2 nitrogen and oxygen atoms in total. The van der Waals surface area contributed by atoms with Crippen LogP contribution in [0.15, 0.2) is 53.1 Å². The standard InChI is InChI=1S/C16H16O2/c17-14(13-7-4-8-18-13)16-9-15(10-16,11-16)12-5-2-1-3-6-12/h1-8,14,17H,9-11H2/t14-,15?,16?/m0/s1. The molecule has 92 valence electrons. The van der Waals surface area contributed by atoms with Crippen LogP contribution in [0.2, 0.25) is 0 Å². The molecule has 0 unspecified atom stereocenters. The summed E-state index contributed by atoms with van der Waals surface area (Å²) in [5.41, 5.74) is 1.85. The fourth-order valence-electron chi connectivity index (χ4n) is 4.00. The van der Waals surface area contributed by atoms with Gasteiger partial charge in [-0.25, -0.2) is 0 Å². The van der Waals surface area contributed by atoms with Crippen LogP contribution in [-0.2, 0) is 5.41 Å². The maximum absolute atomic E-state index is 10.4. The van der Waals surface area contributed by atoms with Gasteiger partial charge in [0.15, 0.2) is 0 Å². The largest absolute Gasteiger partial charge is 0.467 e. The molecule has 3 aliphatic carbocycles. The highest BCUT2D eigenvalue weighted by Gasteiger charge is 2.71. The molecule has 0 spiro atoms. The minimum atomic E-state index is -0.432. The number of hydrogen-bond acceptors (Lipinski definition) is 2. The van der Waals surface area contributed by atoms with E-state index >= 15 is 0 Å². The summed E-state index contributed by atoms with van der Waals surface area (Å²) in [5, 5.41) is 10.4. The lowest BCUT2D eigenvalue weighted by Gasteiger charge is -2.72. The Hall–Kier alpha value is -1.54. The molecule has 1 heterocycles. The Morgan fingerprint density at radius 2 is 1.72 bits per heavy atom. The second kappa shape index (κ2) is 3.27. The molecule has 1 aromatic heterocycles. The maximum Gasteiger partial charge on any atom is 0.132 e. The van der Waals surface area contributed by atoms with Crippen LogP contribution in [0, 0.1) is 5.41 Å². The van der Waals surface area contributed by atoms with Gasteiger partial charge in [-0.15, -0.1) is 0 Å². The summed E-state index contributed by atoms with van der Waals surface area (Å²) < 4.78 is 5.33. The van der Waals surface area contributed by atoms with E-state index in [0.29, 0.717) is 5.41 Å². The molecule has 1 N–H and O–H groups in total. The van der Waals surface area contributed by atoms with Crippen LogP contribution in [0.3, 0.4) is 0 Å². The SMILES string of the molecule is O[C@@H](c1ccco1)C12CC(c3ccccc3)(C1)C2. The van der Waals surface area contributed by atoms with E-state index in [-0.39, 0.29) is 5.41 Å². The van der Waals surface area contributed by atoms with E-state index in [1.54, 1.807) is 6.26 Å². The molecule has 3 fully saturated rings. The average Bonchev–Trinajstić information content (AvgIpc) is 2.80. The zero-order valence-corrected chi connectivity index (χ0v) is 10.2. The third kappa shape index (κ3) is 1.16. The van der Waals surface area contributed by atoms with Gasteiger partial charge in [-0.05, 0) is 42.4 Å². The predicted molar refractivity (Wildman–Crippen MR) is 68.1 cm³/mol. The van der Waals surface area contributed by atoms with Crippen molar-refractivity contribution in [3.63, 3.8) is 0 Å². The van der Waals surface area contributed by atoms with Gasteiger partial charge in [0.25, 0.3) is 0 Å². The van der Waals surface area contributed by atoms with Crippen molar-refractivity contribution in [2.24, 2.45) is 5.41 Å². The van der Waals surface area contributed by atoms with E-state index < -0.39 is 6.10 Å². The van der Waals surface area contributed by atoms with Crippen molar-refractivity contribution in [3.05, 3.63) is 60.1 Å². The normalized spacial score (nSPS) is 34.5. The number of rotatable bonds is 3. The Morgan fingerprint density at radius 1 is 1.00 bits per heavy atom. The molecule has 2 bridgehead atoms. The Bertz CT molecular complexity index is 536. The van der Waals surface area contributed by atoms with Gasteiger partial charge < -0.3 is 9.52 Å². The molecular weight excluding hydrogens is 224 g/mol. The number of aliphatic hydroxyl groups excluding tert-OH is 1. The molecule has 0 aliphatic heterocycles. The van der Waals surface area contributed by atoms with Gasteiger partial charge in [0.05, 0.1) is 6.26 Å². The Labute approximate surface area is 106 Å². The average molecular weight is 240 g/mol. The first kappa shape index (κ1) is 10.4. The molecule has 1 aromatic carbocycles. The molecule has 3 saturated carbocycles. The highest BCUT2D eigenvalue weighted by atomic mass is 16.4. The third-order valence-corrected chi connectivity index (χ3v) is 4.85. The summed E-state index contributed by atoms with van der Waals surface area (Å²) in [5.74, 6) is 0.719. The summed E-state index contributed by atoms with van der Waals surface area (Å²) in [6, 6.07) is 14.4. The van der Waals surface area contributed by atoms with Gasteiger partial charge in [-0.3, -0.25) is 0 Å². The zero-order chi connectivity index (χ0) is 12.2. The molecule has 1 atom stereocenters. The van der Waals surface area contributed by atoms with Crippen LogP contribution < -0.4 is 0 Å². The van der Waals surface area contributed by atoms with Gasteiger partial charge in [-0.2, -0.15) is 0 Å². The predicted octanol–water partition coefficient (Wildman–Crippen LogP) is 3.43. The lowest BCUT2D eigenvalue weighted by Crippen LogP contribution is -2.66. The lowest BCUT2D eigenvalue weighted by atomic mass is 9.32. The van der Waals surface area contributed by atoms with Crippen molar-refractivity contribution in [1.29, 1.82) is 0 Å². The van der Waals surface area contributed by atoms with E-state index in [4.69, 9.17) is 4.42 Å². The Balaban J connectivity index is 1.55. The van der Waals surface area contributed by atoms with Crippen LogP contribution in [0.4, 0.5) is 0 Å². The van der Waals surface area contributed by atoms with Crippen LogP contribution in [0.25, 0.3) is 0 Å². The molecule has 3 aliphatic rings. The molecule has 2 heteroatoms. The second-order valence-electron chi connectivity index (χ2n) is 5.96. The van der Waals surface area contributed by atoms with Crippen LogP contribution >= 0.6 is 0 Å². The van der Waals surface area contributed by atoms with Gasteiger partial charge in [-0.1, -0.05) is 30.3 Å². The molecule has 0 radical (unpaired) electrons. The fraction of sp³-hybridized carbons (Fsp3) is 0.375. The molecule has 0 amide bonds. The minimum Gasteiger partial charge on any atom is -0.467 e. The summed E-state index contributed by atoms with van der Waals surface area (Å²) in [6.45, 7) is 0. The summed E-state index contributed by atoms with van der Waals surface area (Å²) in [6.07, 6.45) is 4.47. The zero-order valence-electron chi connectivity index (χ0n) is 10.2. The van der Waals surface area contributed by atoms with Crippen LogP contribution in [-0.4, -0.2) is 5.11 Å². The number of benzene rings is 1. The fourth-order valence-corrected chi connectivity index (χ4v) is 4.00. The second-order valence-corrected chi connectivity index (χ2v) is 5.96. The molecule has 2 aromatic rings. The first-order valence-electron chi connectivity index (χ1n) is 6.51. The van der Waals surface area contributed by atoms with Crippen molar-refractivity contribution in [2.75, 3.05) is 0 Å². The number of hydrogen-bond donors (Lipinski definition) is 1. The molecular formula is C16H16O2. The van der Waals surface area contributed by atoms with Gasteiger partial charge in [0.2, 0.25) is 0 Å². The number of furan rings is 1. The third-order valence-electron chi connectivity index (χ3n) is 4.85. The summed E-state index contributed by atoms with van der Waals surface area (Å²) in [4.78, 5) is 0. The number of aliphatic hydroxyl groups is 1. The van der Waals surface area contributed by atoms with Crippen LogP contribution in [0.1, 0.15) is 36.7 Å². The monoisotopic (exact) mass is 240 g/mol. The maximum atomic E-state index is 10.4. The summed E-state index contributed by atoms with van der Waals surface area (Å²) >= 11 is 0. The van der Waals surface area contributed by atoms with E-state index in [0.717, 1.165) is 25.0 Å². The van der Waals surface area contributed by atoms with Crippen molar-refractivity contribution in [3.8, 4) is 0 Å². The van der Waals surface area contributed by atoms with Gasteiger partial charge in [0, 0.05) is 5.41 Å². The lowest BCUT2D eigenvalue weighted by molar-refractivity contribution is -0.214. The molecule has 0 saturated heterocycles. The van der Waals surface area contributed by atoms with Crippen molar-refractivity contribution in [2.45, 2.75) is 30.8 Å². The topological polar surface area (TPSA) is 33.4 Å².